The number of para-hydroxylation sites is 1. The van der Waals surface area contributed by atoms with Gasteiger partial charge in [0.2, 0.25) is 0 Å². The van der Waals surface area contributed by atoms with Crippen LogP contribution >= 0.6 is 0 Å². The van der Waals surface area contributed by atoms with Gasteiger partial charge in [-0.2, -0.15) is 0 Å². The summed E-state index contributed by atoms with van der Waals surface area (Å²) in [6, 6.07) is 5.08. The van der Waals surface area contributed by atoms with Crippen LogP contribution in [0, 0.1) is 46.2 Å². The van der Waals surface area contributed by atoms with E-state index in [1.54, 1.807) is 12.3 Å². The van der Waals surface area contributed by atoms with Crippen molar-refractivity contribution in [1.82, 2.24) is 9.97 Å². The van der Waals surface area contributed by atoms with Crippen molar-refractivity contribution in [1.29, 1.82) is 0 Å². The number of hydrogen-bond acceptors (Lipinski definition) is 3. The number of aliphatic hydroxyl groups is 1. The third-order valence-electron chi connectivity index (χ3n) is 11.4. The van der Waals surface area contributed by atoms with Gasteiger partial charge in [0.05, 0.1) is 6.10 Å². The number of fused-ring (bicyclic) bond motifs is 6. The predicted molar refractivity (Wildman–Crippen MR) is 134 cm³/mol. The lowest BCUT2D eigenvalue weighted by Gasteiger charge is -2.61. The lowest BCUT2D eigenvalue weighted by molar-refractivity contribution is -0.126. The topological polar surface area (TPSA) is 46.0 Å². The van der Waals surface area contributed by atoms with Crippen molar-refractivity contribution in [3.63, 3.8) is 0 Å². The molecule has 4 aliphatic rings. The number of aromatic nitrogens is 2. The fourth-order valence-electron chi connectivity index (χ4n) is 9.50. The minimum Gasteiger partial charge on any atom is -0.393 e. The average Bonchev–Trinajstić information content (AvgIpc) is 3.16. The van der Waals surface area contributed by atoms with Crippen LogP contribution in [0.15, 0.2) is 24.4 Å². The summed E-state index contributed by atoms with van der Waals surface area (Å²) in [4.78, 5) is 9.06. The molecule has 0 radical (unpaired) electrons. The Balaban J connectivity index is 1.12. The molecule has 3 nitrogen and oxygen atoms in total. The van der Waals surface area contributed by atoms with Gasteiger partial charge in [-0.25, -0.2) is 14.4 Å². The fourth-order valence-corrected chi connectivity index (χ4v) is 9.50. The van der Waals surface area contributed by atoms with Crippen molar-refractivity contribution >= 4 is 10.9 Å². The molecule has 34 heavy (non-hydrogen) atoms. The Bertz CT molecular complexity index is 1060. The Morgan fingerprint density at radius 1 is 1.00 bits per heavy atom. The molecule has 184 valence electrons. The van der Waals surface area contributed by atoms with Crippen LogP contribution in [-0.4, -0.2) is 21.2 Å². The molecule has 0 bridgehead atoms. The molecule has 1 aromatic carbocycles. The van der Waals surface area contributed by atoms with Crippen molar-refractivity contribution < 1.29 is 9.50 Å². The maximum Gasteiger partial charge on any atom is 0.149 e. The van der Waals surface area contributed by atoms with E-state index >= 15 is 0 Å². The van der Waals surface area contributed by atoms with Crippen LogP contribution in [0.25, 0.3) is 10.9 Å². The van der Waals surface area contributed by atoms with E-state index in [-0.39, 0.29) is 11.9 Å². The third kappa shape index (κ3) is 3.62. The molecule has 4 heteroatoms. The van der Waals surface area contributed by atoms with Crippen molar-refractivity contribution in [2.45, 2.75) is 97.0 Å². The second-order valence-electron chi connectivity index (χ2n) is 12.8. The number of benzene rings is 1. The largest absolute Gasteiger partial charge is 0.393 e. The molecule has 1 aromatic heterocycles. The molecule has 1 N–H and O–H groups in total. The highest BCUT2D eigenvalue weighted by Gasteiger charge is 2.59. The Morgan fingerprint density at radius 2 is 1.82 bits per heavy atom. The molecule has 4 saturated carbocycles. The molecular formula is C30H41FN2O. The van der Waals surface area contributed by atoms with Crippen LogP contribution in [0.2, 0.25) is 0 Å². The highest BCUT2D eigenvalue weighted by atomic mass is 19.1. The standard InChI is InChI=1S/C30H41FN2O/c1-29-16-14-25-23(11-9-21-17-22(34)13-15-30(21,25)2)24(29)12-10-20(29)6-4-8-27-32-18-19-5-3-7-26(31)28(19)33-27/h3,5,7,18,20-25,34H,4,6,8-17H2,1-2H3/t20-,21?,22+,23?,24?,25?,29?,30?/m0/s1. The number of hydrogen-bond donors (Lipinski definition) is 1. The lowest BCUT2D eigenvalue weighted by atomic mass is 9.44. The minimum atomic E-state index is -0.250. The summed E-state index contributed by atoms with van der Waals surface area (Å²) in [5, 5.41) is 11.1. The van der Waals surface area contributed by atoms with E-state index in [1.165, 1.54) is 57.4 Å². The lowest BCUT2D eigenvalue weighted by Crippen LogP contribution is -2.53. The third-order valence-corrected chi connectivity index (χ3v) is 11.4. The van der Waals surface area contributed by atoms with Crippen LogP contribution in [0.4, 0.5) is 4.39 Å². The highest BCUT2D eigenvalue weighted by molar-refractivity contribution is 5.77. The van der Waals surface area contributed by atoms with E-state index < -0.39 is 0 Å². The van der Waals surface area contributed by atoms with Gasteiger partial charge in [0.15, 0.2) is 0 Å². The van der Waals surface area contributed by atoms with E-state index in [1.807, 2.05) is 6.07 Å². The first-order valence-corrected chi connectivity index (χ1v) is 14.0. The van der Waals surface area contributed by atoms with E-state index in [0.717, 1.165) is 66.5 Å². The molecular weight excluding hydrogens is 423 g/mol. The zero-order valence-electron chi connectivity index (χ0n) is 21.0. The van der Waals surface area contributed by atoms with E-state index in [0.29, 0.717) is 16.3 Å². The van der Waals surface area contributed by atoms with Crippen LogP contribution in [-0.2, 0) is 6.42 Å². The molecule has 4 aliphatic carbocycles. The van der Waals surface area contributed by atoms with E-state index in [9.17, 15) is 9.50 Å². The Kier molecular flexibility index (Phi) is 5.75. The van der Waals surface area contributed by atoms with Crippen molar-refractivity contribution in [2.24, 2.45) is 40.4 Å². The maximum absolute atomic E-state index is 14.2. The zero-order valence-corrected chi connectivity index (χ0v) is 21.0. The molecule has 0 saturated heterocycles. The summed E-state index contributed by atoms with van der Waals surface area (Å²) in [5.74, 6) is 4.72. The van der Waals surface area contributed by atoms with Gasteiger partial charge in [0.25, 0.3) is 0 Å². The van der Waals surface area contributed by atoms with E-state index in [4.69, 9.17) is 0 Å². The number of halogens is 1. The molecule has 0 spiro atoms. The highest BCUT2D eigenvalue weighted by Crippen LogP contribution is 2.67. The normalized spacial score (nSPS) is 41.6. The summed E-state index contributed by atoms with van der Waals surface area (Å²) >= 11 is 0. The average molecular weight is 465 g/mol. The van der Waals surface area contributed by atoms with Crippen LogP contribution < -0.4 is 0 Å². The van der Waals surface area contributed by atoms with Gasteiger partial charge in [0, 0.05) is 18.0 Å². The molecule has 1 heterocycles. The summed E-state index contributed by atoms with van der Waals surface area (Å²) in [5.41, 5.74) is 1.40. The molecule has 0 amide bonds. The fraction of sp³-hybridized carbons (Fsp3) is 0.733. The van der Waals surface area contributed by atoms with Crippen LogP contribution in [0.1, 0.15) is 90.3 Å². The molecule has 6 unspecified atom stereocenters. The molecule has 2 aromatic rings. The summed E-state index contributed by atoms with van der Waals surface area (Å²) in [7, 11) is 0. The van der Waals surface area contributed by atoms with E-state index in [2.05, 4.69) is 23.8 Å². The first-order valence-electron chi connectivity index (χ1n) is 14.0. The second kappa shape index (κ2) is 8.54. The van der Waals surface area contributed by atoms with Gasteiger partial charge in [0.1, 0.15) is 17.2 Å². The SMILES string of the molecule is CC12CC[C@@H](O)CC1CCC1C2CCC2(C)C1CC[C@@H]2CCCc1ncc2cccc(F)c2n1. The molecule has 0 aliphatic heterocycles. The smallest absolute Gasteiger partial charge is 0.149 e. The minimum absolute atomic E-state index is 0.0533. The van der Waals surface area contributed by atoms with Gasteiger partial charge in [-0.15, -0.1) is 0 Å². The van der Waals surface area contributed by atoms with Crippen molar-refractivity contribution in [2.75, 3.05) is 0 Å². The number of aryl methyl sites for hydroxylation is 1. The summed E-state index contributed by atoms with van der Waals surface area (Å²) < 4.78 is 14.2. The Morgan fingerprint density at radius 3 is 2.71 bits per heavy atom. The predicted octanol–water partition coefficient (Wildman–Crippen LogP) is 7.11. The molecule has 4 fully saturated rings. The van der Waals surface area contributed by atoms with Gasteiger partial charge in [-0.05, 0) is 117 Å². The monoisotopic (exact) mass is 464 g/mol. The number of rotatable bonds is 4. The maximum atomic E-state index is 14.2. The van der Waals surface area contributed by atoms with Gasteiger partial charge in [-0.1, -0.05) is 26.0 Å². The second-order valence-corrected chi connectivity index (χ2v) is 12.8. The van der Waals surface area contributed by atoms with Crippen molar-refractivity contribution in [3.05, 3.63) is 36.0 Å². The zero-order chi connectivity index (χ0) is 23.5. The number of aliphatic hydroxyl groups excluding tert-OH is 1. The summed E-state index contributed by atoms with van der Waals surface area (Å²) in [6.45, 7) is 5.20. The summed E-state index contributed by atoms with van der Waals surface area (Å²) in [6.07, 6.45) is 16.5. The van der Waals surface area contributed by atoms with Gasteiger partial charge >= 0.3 is 0 Å². The quantitative estimate of drug-likeness (QED) is 0.524. The van der Waals surface area contributed by atoms with Crippen LogP contribution in [0.5, 0.6) is 0 Å². The Labute approximate surface area is 204 Å². The molecule has 6 rings (SSSR count). The molecule has 8 atom stereocenters. The van der Waals surface area contributed by atoms with Gasteiger partial charge < -0.3 is 5.11 Å². The first-order chi connectivity index (χ1) is 16.4. The Hall–Kier alpha value is -1.55. The van der Waals surface area contributed by atoms with Gasteiger partial charge in [-0.3, -0.25) is 0 Å². The van der Waals surface area contributed by atoms with Crippen LogP contribution in [0.3, 0.4) is 0 Å². The first kappa shape index (κ1) is 22.9. The number of nitrogens with zero attached hydrogens (tertiary/aromatic N) is 2. The van der Waals surface area contributed by atoms with Crippen molar-refractivity contribution in [3.8, 4) is 0 Å².